The molecule has 200 valence electrons. The summed E-state index contributed by atoms with van der Waals surface area (Å²) < 4.78 is 1.30. The summed E-state index contributed by atoms with van der Waals surface area (Å²) >= 11 is 13.5. The molecule has 0 aliphatic heterocycles. The Morgan fingerprint density at radius 2 is 1.00 bits per heavy atom. The van der Waals surface area contributed by atoms with Gasteiger partial charge in [0.05, 0.1) is 23.8 Å². The number of benzene rings is 2. The van der Waals surface area contributed by atoms with Crippen LogP contribution in [0.25, 0.3) is 0 Å². The smallest absolute Gasteiger partial charge is 0.262 e. The first kappa shape index (κ1) is 32.3. The molecule has 0 bridgehead atoms. The maximum absolute atomic E-state index is 5.19. The minimum absolute atomic E-state index is 0. The van der Waals surface area contributed by atoms with E-state index in [1.54, 1.807) is 48.3 Å². The maximum atomic E-state index is 5.19. The van der Waals surface area contributed by atoms with E-state index in [-0.39, 0.29) is 16.5 Å². The van der Waals surface area contributed by atoms with Gasteiger partial charge < -0.3 is 0 Å². The quantitative estimate of drug-likeness (QED) is 0.0994. The van der Waals surface area contributed by atoms with Crippen molar-refractivity contribution < 1.29 is 16.5 Å². The van der Waals surface area contributed by atoms with E-state index in [4.69, 9.17) is 24.4 Å². The number of aromatic nitrogens is 2. The molecule has 0 spiro atoms. The number of hydrogen-bond donors (Lipinski definition) is 2. The van der Waals surface area contributed by atoms with Crippen molar-refractivity contribution in [3.8, 4) is 0 Å². The van der Waals surface area contributed by atoms with Crippen LogP contribution in [0.2, 0.25) is 0 Å². The fraction of sp³-hybridized carbons (Fsp3) is 0.0714. The predicted octanol–water partition coefficient (Wildman–Crippen LogP) is 6.44. The molecule has 6 nitrogen and oxygen atoms in total. The van der Waals surface area contributed by atoms with Gasteiger partial charge >= 0.3 is 16.5 Å². The molecule has 4 rings (SSSR count). The number of thioether (sulfide) groups is 2. The molecule has 2 aromatic heterocycles. The second-order valence-electron chi connectivity index (χ2n) is 7.37. The van der Waals surface area contributed by atoms with Gasteiger partial charge in [-0.3, -0.25) is 20.8 Å². The topological polar surface area (TPSA) is 74.6 Å². The van der Waals surface area contributed by atoms with Gasteiger partial charge in [-0.2, -0.15) is 10.2 Å². The number of hydrogen-bond acceptors (Lipinski definition) is 8. The Morgan fingerprint density at radius 3 is 1.36 bits per heavy atom. The first-order valence-electron chi connectivity index (χ1n) is 11.5. The number of nitrogens with one attached hydrogen (secondary N) is 2. The van der Waals surface area contributed by atoms with Crippen LogP contribution in [0.5, 0.6) is 0 Å². The number of thiocarbonyl (C=S) groups is 2. The molecule has 0 aliphatic carbocycles. The summed E-state index contributed by atoms with van der Waals surface area (Å²) in [6.45, 7) is 0. The fourth-order valence-electron chi connectivity index (χ4n) is 2.72. The van der Waals surface area contributed by atoms with Gasteiger partial charge in [-0.1, -0.05) is 121 Å². The molecule has 2 N–H and O–H groups in total. The van der Waals surface area contributed by atoms with Crippen LogP contribution < -0.4 is 10.9 Å². The molecule has 4 aromatic rings. The van der Waals surface area contributed by atoms with Gasteiger partial charge in [0.2, 0.25) is 0 Å². The third-order valence-corrected chi connectivity index (χ3v) is 7.06. The van der Waals surface area contributed by atoms with Crippen LogP contribution in [-0.2, 0) is 28.0 Å². The normalized spacial score (nSPS) is 10.3. The van der Waals surface area contributed by atoms with Crippen molar-refractivity contribution in [2.45, 2.75) is 11.5 Å². The van der Waals surface area contributed by atoms with Gasteiger partial charge in [-0.25, -0.2) is 0 Å². The minimum atomic E-state index is 0. The molecule has 39 heavy (non-hydrogen) atoms. The summed E-state index contributed by atoms with van der Waals surface area (Å²) in [4.78, 5) is 8.26. The Balaban J connectivity index is 0.000000267. The van der Waals surface area contributed by atoms with Crippen molar-refractivity contribution in [2.75, 3.05) is 0 Å². The van der Waals surface area contributed by atoms with E-state index in [1.807, 2.05) is 72.8 Å². The molecule has 0 atom stereocenters. The van der Waals surface area contributed by atoms with Crippen LogP contribution in [0.3, 0.4) is 0 Å². The summed E-state index contributed by atoms with van der Waals surface area (Å²) in [6.07, 6.45) is 6.75. The Labute approximate surface area is 258 Å². The van der Waals surface area contributed by atoms with E-state index >= 15 is 0 Å². The van der Waals surface area contributed by atoms with Gasteiger partial charge in [0.15, 0.2) is 8.64 Å². The van der Waals surface area contributed by atoms with Crippen molar-refractivity contribution in [3.63, 3.8) is 0 Å². The number of pyridine rings is 2. The molecule has 0 unspecified atom stereocenters. The zero-order valence-corrected chi connectivity index (χ0v) is 25.0. The van der Waals surface area contributed by atoms with Gasteiger partial charge in [0.25, 0.3) is 0 Å². The average Bonchev–Trinajstić information content (AvgIpc) is 2.98. The summed E-state index contributed by atoms with van der Waals surface area (Å²) in [5, 5.41) is 8.11. The molecular formula is C28H26N6NiS4+2. The summed E-state index contributed by atoms with van der Waals surface area (Å²) in [5.74, 6) is 1.68. The predicted molar refractivity (Wildman–Crippen MR) is 171 cm³/mol. The molecule has 2 aromatic carbocycles. The SMILES string of the molecule is S=C(NN=Cc1ccccn1)SCc1ccccc1.S=C(NN=Cc1ccccn1)SCc1ccccc1.[Ni+2]. The van der Waals surface area contributed by atoms with Crippen LogP contribution >= 0.6 is 48.0 Å². The van der Waals surface area contributed by atoms with Gasteiger partial charge in [0, 0.05) is 23.9 Å². The number of rotatable bonds is 8. The Hall–Kier alpha value is -2.95. The third-order valence-electron chi connectivity index (χ3n) is 4.51. The summed E-state index contributed by atoms with van der Waals surface area (Å²) in [6, 6.07) is 31.7. The van der Waals surface area contributed by atoms with Gasteiger partial charge in [-0.15, -0.1) is 0 Å². The van der Waals surface area contributed by atoms with E-state index in [9.17, 15) is 0 Å². The van der Waals surface area contributed by atoms with Crippen molar-refractivity contribution in [1.29, 1.82) is 0 Å². The van der Waals surface area contributed by atoms with Crippen molar-refractivity contribution in [3.05, 3.63) is 132 Å². The van der Waals surface area contributed by atoms with Crippen LogP contribution in [0.15, 0.2) is 120 Å². The average molecular weight is 634 g/mol. The molecule has 0 amide bonds. The monoisotopic (exact) mass is 632 g/mol. The summed E-state index contributed by atoms with van der Waals surface area (Å²) in [7, 11) is 0. The Bertz CT molecular complexity index is 1190. The molecule has 0 fully saturated rings. The molecular weight excluding hydrogens is 607 g/mol. The van der Waals surface area contributed by atoms with Crippen molar-refractivity contribution >= 4 is 69.0 Å². The minimum Gasteiger partial charge on any atom is -0.262 e. The zero-order chi connectivity index (χ0) is 26.7. The molecule has 0 radical (unpaired) electrons. The largest absolute Gasteiger partial charge is 2.00 e. The first-order valence-corrected chi connectivity index (χ1v) is 14.3. The summed E-state index contributed by atoms with van der Waals surface area (Å²) in [5.41, 5.74) is 9.73. The van der Waals surface area contributed by atoms with E-state index in [0.717, 1.165) is 22.9 Å². The second-order valence-corrected chi connectivity index (χ2v) is 10.7. The Kier molecular flexibility index (Phi) is 16.6. The van der Waals surface area contributed by atoms with E-state index in [2.05, 4.69) is 55.3 Å². The van der Waals surface area contributed by atoms with E-state index in [0.29, 0.717) is 8.64 Å². The molecule has 2 heterocycles. The van der Waals surface area contributed by atoms with Crippen molar-refractivity contribution in [1.82, 2.24) is 20.8 Å². The van der Waals surface area contributed by atoms with E-state index < -0.39 is 0 Å². The third kappa shape index (κ3) is 14.7. The van der Waals surface area contributed by atoms with Crippen molar-refractivity contribution in [2.24, 2.45) is 10.2 Å². The molecule has 0 aliphatic rings. The zero-order valence-electron chi connectivity index (χ0n) is 20.7. The fourth-order valence-corrected chi connectivity index (χ4v) is 4.39. The number of nitrogens with zero attached hydrogens (tertiary/aromatic N) is 4. The maximum Gasteiger partial charge on any atom is 2.00 e. The standard InChI is InChI=1S/2C14H13N3S2.Ni/c2*18-14(19-11-12-6-2-1-3-7-12)17-16-10-13-8-4-5-9-15-13;/h2*1-10H,11H2,(H,17,18);/q;;+2. The van der Waals surface area contributed by atoms with Crippen LogP contribution in [0.1, 0.15) is 22.5 Å². The van der Waals surface area contributed by atoms with E-state index in [1.165, 1.54) is 11.1 Å². The first-order chi connectivity index (χ1) is 18.7. The van der Waals surface area contributed by atoms with Crippen LogP contribution in [0, 0.1) is 0 Å². The van der Waals surface area contributed by atoms with Crippen LogP contribution in [-0.4, -0.2) is 31.0 Å². The second kappa shape index (κ2) is 20.0. The Morgan fingerprint density at radius 1 is 0.615 bits per heavy atom. The van der Waals surface area contributed by atoms with Crippen LogP contribution in [0.4, 0.5) is 0 Å². The molecule has 0 saturated heterocycles. The number of hydrazone groups is 2. The van der Waals surface area contributed by atoms with Gasteiger partial charge in [0.1, 0.15) is 0 Å². The molecule has 0 saturated carbocycles. The van der Waals surface area contributed by atoms with Gasteiger partial charge in [-0.05, 0) is 35.4 Å². The molecule has 11 heteroatoms.